The van der Waals surface area contributed by atoms with Gasteiger partial charge in [0.1, 0.15) is 5.75 Å². The summed E-state index contributed by atoms with van der Waals surface area (Å²) in [5.41, 5.74) is 3.05. The van der Waals surface area contributed by atoms with Crippen molar-refractivity contribution in [2.75, 3.05) is 7.11 Å². The first-order chi connectivity index (χ1) is 8.22. The minimum absolute atomic E-state index is 0.433. The van der Waals surface area contributed by atoms with Gasteiger partial charge in [0, 0.05) is 6.20 Å². The van der Waals surface area contributed by atoms with Gasteiger partial charge in [0.15, 0.2) is 0 Å². The van der Waals surface area contributed by atoms with Crippen LogP contribution in [0.5, 0.6) is 5.75 Å². The minimum atomic E-state index is 0.433. The van der Waals surface area contributed by atoms with Crippen LogP contribution in [-0.4, -0.2) is 17.1 Å². The Morgan fingerprint density at radius 3 is 2.53 bits per heavy atom. The lowest BCUT2D eigenvalue weighted by atomic mass is 10.00. The Kier molecular flexibility index (Phi) is 3.38. The van der Waals surface area contributed by atoms with Crippen LogP contribution in [0.2, 0.25) is 0 Å². The van der Waals surface area contributed by atoms with Crippen LogP contribution in [-0.2, 0) is 0 Å². The minimum Gasteiger partial charge on any atom is -0.495 e. The lowest BCUT2D eigenvalue weighted by molar-refractivity contribution is 0.413. The molecule has 2 rings (SSSR count). The SMILES string of the molecule is COc1ccc(-c2ncccc2C(C)C)nc1. The molecule has 17 heavy (non-hydrogen) atoms. The number of methoxy groups -OCH3 is 1. The summed E-state index contributed by atoms with van der Waals surface area (Å²) in [6.07, 6.45) is 3.52. The van der Waals surface area contributed by atoms with Crippen LogP contribution in [0.25, 0.3) is 11.4 Å². The lowest BCUT2D eigenvalue weighted by Gasteiger charge is -2.10. The second kappa shape index (κ2) is 4.95. The normalized spacial score (nSPS) is 10.6. The van der Waals surface area contributed by atoms with Crippen molar-refractivity contribution in [3.05, 3.63) is 42.2 Å². The first kappa shape index (κ1) is 11.6. The first-order valence-corrected chi connectivity index (χ1v) is 5.67. The van der Waals surface area contributed by atoms with Gasteiger partial charge in [-0.3, -0.25) is 9.97 Å². The average Bonchev–Trinajstić information content (AvgIpc) is 2.39. The molecule has 0 aromatic carbocycles. The van der Waals surface area contributed by atoms with Gasteiger partial charge >= 0.3 is 0 Å². The summed E-state index contributed by atoms with van der Waals surface area (Å²) in [5.74, 6) is 1.19. The zero-order chi connectivity index (χ0) is 12.3. The van der Waals surface area contributed by atoms with Crippen LogP contribution in [0.3, 0.4) is 0 Å². The predicted molar refractivity (Wildman–Crippen MR) is 68.1 cm³/mol. The zero-order valence-electron chi connectivity index (χ0n) is 10.3. The van der Waals surface area contributed by atoms with Gasteiger partial charge in [-0.2, -0.15) is 0 Å². The molecule has 3 nitrogen and oxygen atoms in total. The van der Waals surface area contributed by atoms with E-state index in [2.05, 4.69) is 29.9 Å². The molecule has 3 heteroatoms. The fourth-order valence-corrected chi connectivity index (χ4v) is 1.74. The van der Waals surface area contributed by atoms with Crippen LogP contribution in [0, 0.1) is 0 Å². The van der Waals surface area contributed by atoms with Crippen molar-refractivity contribution < 1.29 is 4.74 Å². The Bertz CT molecular complexity index is 492. The molecule has 0 saturated heterocycles. The summed E-state index contributed by atoms with van der Waals surface area (Å²) in [7, 11) is 1.64. The van der Waals surface area contributed by atoms with Gasteiger partial charge in [0.2, 0.25) is 0 Å². The van der Waals surface area contributed by atoms with Crippen molar-refractivity contribution in [1.29, 1.82) is 0 Å². The molecule has 2 aromatic rings. The third-order valence-corrected chi connectivity index (χ3v) is 2.68. The summed E-state index contributed by atoms with van der Waals surface area (Å²) in [4.78, 5) is 8.80. The van der Waals surface area contributed by atoms with Crippen LogP contribution in [0.4, 0.5) is 0 Å². The molecule has 0 saturated carbocycles. The molecule has 0 aliphatic heterocycles. The van der Waals surface area contributed by atoms with Crippen molar-refractivity contribution in [2.24, 2.45) is 0 Å². The quantitative estimate of drug-likeness (QED) is 0.808. The fraction of sp³-hybridized carbons (Fsp3) is 0.286. The van der Waals surface area contributed by atoms with Crippen LogP contribution in [0.1, 0.15) is 25.3 Å². The van der Waals surface area contributed by atoms with Crippen molar-refractivity contribution in [1.82, 2.24) is 9.97 Å². The summed E-state index contributed by atoms with van der Waals surface area (Å²) in [6.45, 7) is 4.31. The topological polar surface area (TPSA) is 35.0 Å². The van der Waals surface area contributed by atoms with Crippen molar-refractivity contribution in [3.8, 4) is 17.1 Å². The average molecular weight is 228 g/mol. The summed E-state index contributed by atoms with van der Waals surface area (Å²) in [6, 6.07) is 7.90. The highest BCUT2D eigenvalue weighted by Crippen LogP contribution is 2.26. The standard InChI is InChI=1S/C14H16N2O/c1-10(2)12-5-4-8-15-14(12)13-7-6-11(17-3)9-16-13/h4-10H,1-3H3. The van der Waals surface area contributed by atoms with Gasteiger partial charge in [-0.15, -0.1) is 0 Å². The van der Waals surface area contributed by atoms with Gasteiger partial charge in [-0.05, 0) is 29.7 Å². The van der Waals surface area contributed by atoms with E-state index in [9.17, 15) is 0 Å². The predicted octanol–water partition coefficient (Wildman–Crippen LogP) is 3.28. The van der Waals surface area contributed by atoms with E-state index in [0.29, 0.717) is 5.92 Å². The Morgan fingerprint density at radius 2 is 1.94 bits per heavy atom. The molecule has 0 N–H and O–H groups in total. The fourth-order valence-electron chi connectivity index (χ4n) is 1.74. The van der Waals surface area contributed by atoms with Gasteiger partial charge < -0.3 is 4.74 Å². The molecule has 0 spiro atoms. The molecule has 0 amide bonds. The van der Waals surface area contributed by atoms with E-state index in [1.54, 1.807) is 19.5 Å². The number of nitrogens with zero attached hydrogens (tertiary/aromatic N) is 2. The summed E-state index contributed by atoms with van der Waals surface area (Å²) >= 11 is 0. The number of hydrogen-bond acceptors (Lipinski definition) is 3. The van der Waals surface area contributed by atoms with E-state index in [-0.39, 0.29) is 0 Å². The number of ether oxygens (including phenoxy) is 1. The van der Waals surface area contributed by atoms with E-state index in [1.807, 2.05) is 18.2 Å². The molecule has 0 radical (unpaired) electrons. The van der Waals surface area contributed by atoms with E-state index in [4.69, 9.17) is 4.74 Å². The van der Waals surface area contributed by atoms with Gasteiger partial charge in [0.25, 0.3) is 0 Å². The monoisotopic (exact) mass is 228 g/mol. The Labute approximate surface area is 102 Å². The molecular weight excluding hydrogens is 212 g/mol. The molecule has 2 heterocycles. The zero-order valence-corrected chi connectivity index (χ0v) is 10.3. The molecule has 0 aliphatic rings. The van der Waals surface area contributed by atoms with Gasteiger partial charge in [-0.25, -0.2) is 0 Å². The molecule has 0 atom stereocenters. The molecule has 88 valence electrons. The Balaban J connectivity index is 2.45. The highest BCUT2D eigenvalue weighted by Gasteiger charge is 2.10. The summed E-state index contributed by atoms with van der Waals surface area (Å²) in [5, 5.41) is 0. The molecule has 0 unspecified atom stereocenters. The highest BCUT2D eigenvalue weighted by atomic mass is 16.5. The molecule has 2 aromatic heterocycles. The highest BCUT2D eigenvalue weighted by molar-refractivity contribution is 5.59. The number of aromatic nitrogens is 2. The lowest BCUT2D eigenvalue weighted by Crippen LogP contribution is -1.96. The van der Waals surface area contributed by atoms with E-state index in [1.165, 1.54) is 5.56 Å². The molecule has 0 aliphatic carbocycles. The van der Waals surface area contributed by atoms with E-state index < -0.39 is 0 Å². The summed E-state index contributed by atoms with van der Waals surface area (Å²) < 4.78 is 5.10. The Hall–Kier alpha value is -1.90. The maximum Gasteiger partial charge on any atom is 0.137 e. The van der Waals surface area contributed by atoms with Crippen molar-refractivity contribution in [3.63, 3.8) is 0 Å². The van der Waals surface area contributed by atoms with E-state index >= 15 is 0 Å². The second-order valence-corrected chi connectivity index (χ2v) is 4.18. The smallest absolute Gasteiger partial charge is 0.137 e. The van der Waals surface area contributed by atoms with Gasteiger partial charge in [-0.1, -0.05) is 19.9 Å². The van der Waals surface area contributed by atoms with Crippen molar-refractivity contribution in [2.45, 2.75) is 19.8 Å². The second-order valence-electron chi connectivity index (χ2n) is 4.18. The molecule has 0 fully saturated rings. The number of hydrogen-bond donors (Lipinski definition) is 0. The molecular formula is C14H16N2O. The maximum atomic E-state index is 5.10. The van der Waals surface area contributed by atoms with Crippen LogP contribution >= 0.6 is 0 Å². The van der Waals surface area contributed by atoms with Gasteiger partial charge in [0.05, 0.1) is 24.7 Å². The number of pyridine rings is 2. The van der Waals surface area contributed by atoms with E-state index in [0.717, 1.165) is 17.1 Å². The maximum absolute atomic E-state index is 5.10. The Morgan fingerprint density at radius 1 is 1.12 bits per heavy atom. The van der Waals surface area contributed by atoms with Crippen LogP contribution in [0.15, 0.2) is 36.7 Å². The largest absolute Gasteiger partial charge is 0.495 e. The first-order valence-electron chi connectivity index (χ1n) is 5.67. The molecule has 0 bridgehead atoms. The third kappa shape index (κ3) is 2.44. The number of rotatable bonds is 3. The third-order valence-electron chi connectivity index (χ3n) is 2.68. The van der Waals surface area contributed by atoms with Crippen LogP contribution < -0.4 is 4.74 Å². The van der Waals surface area contributed by atoms with Crippen molar-refractivity contribution >= 4 is 0 Å².